The van der Waals surface area contributed by atoms with Gasteiger partial charge in [-0.1, -0.05) is 13.8 Å². The Labute approximate surface area is 166 Å². The molecular weight excluding hydrogens is 382 g/mol. The van der Waals surface area contributed by atoms with E-state index in [0.717, 1.165) is 23.5 Å². The average molecular weight is 406 g/mol. The zero-order chi connectivity index (χ0) is 19.4. The van der Waals surface area contributed by atoms with Crippen LogP contribution in [0.2, 0.25) is 0 Å². The van der Waals surface area contributed by atoms with Crippen LogP contribution in [0, 0.1) is 6.92 Å². The molecular formula is C18H23N5O2S2. The van der Waals surface area contributed by atoms with E-state index in [1.807, 2.05) is 26.2 Å². The first-order valence-electron chi connectivity index (χ1n) is 8.98. The van der Waals surface area contributed by atoms with Crippen LogP contribution in [-0.4, -0.2) is 40.1 Å². The van der Waals surface area contributed by atoms with Gasteiger partial charge < -0.3 is 15.8 Å². The summed E-state index contributed by atoms with van der Waals surface area (Å²) in [5, 5.41) is 6.44. The number of nitrogens with one attached hydrogen (secondary N) is 1. The summed E-state index contributed by atoms with van der Waals surface area (Å²) in [7, 11) is 0. The van der Waals surface area contributed by atoms with Crippen LogP contribution in [0.3, 0.4) is 0 Å². The Morgan fingerprint density at radius 3 is 2.67 bits per heavy atom. The number of nitrogen functional groups attached to an aromatic ring is 1. The number of carbonyl (C=O) groups excluding carboxylic acids is 1. The Kier molecular flexibility index (Phi) is 6.35. The molecule has 0 aromatic carbocycles. The third kappa shape index (κ3) is 4.42. The molecule has 27 heavy (non-hydrogen) atoms. The minimum absolute atomic E-state index is 0.0963. The molecule has 1 saturated heterocycles. The Morgan fingerprint density at radius 1 is 1.26 bits per heavy atom. The van der Waals surface area contributed by atoms with E-state index in [1.165, 1.54) is 22.7 Å². The number of ether oxygens (including phenoxy) is 1. The van der Waals surface area contributed by atoms with Crippen molar-refractivity contribution in [1.29, 1.82) is 0 Å². The van der Waals surface area contributed by atoms with Gasteiger partial charge >= 0.3 is 0 Å². The number of aryl methyl sites for hydroxylation is 1. The lowest BCUT2D eigenvalue weighted by Crippen LogP contribution is -2.38. The molecule has 1 fully saturated rings. The third-order valence-electron chi connectivity index (χ3n) is 4.01. The maximum absolute atomic E-state index is 12.5. The summed E-state index contributed by atoms with van der Waals surface area (Å²) in [6.07, 6.45) is 1.68. The molecule has 4 rings (SSSR count). The largest absolute Gasteiger partial charge is 0.383 e. The molecule has 144 valence electrons. The van der Waals surface area contributed by atoms with Gasteiger partial charge in [0.25, 0.3) is 5.91 Å². The van der Waals surface area contributed by atoms with Crippen LogP contribution in [0.25, 0.3) is 21.0 Å². The first kappa shape index (κ1) is 19.7. The second kappa shape index (κ2) is 8.73. The molecule has 0 bridgehead atoms. The van der Waals surface area contributed by atoms with Gasteiger partial charge in [-0.05, 0) is 25.8 Å². The van der Waals surface area contributed by atoms with Crippen molar-refractivity contribution in [1.82, 2.24) is 20.3 Å². The Morgan fingerprint density at radius 2 is 2.00 bits per heavy atom. The summed E-state index contributed by atoms with van der Waals surface area (Å²) in [5.74, 6) is 0.775. The molecule has 0 spiro atoms. The molecule has 3 N–H and O–H groups in total. The van der Waals surface area contributed by atoms with Crippen molar-refractivity contribution in [3.8, 4) is 10.8 Å². The number of hydrogen-bond acceptors (Lipinski definition) is 8. The number of anilines is 1. The molecule has 0 unspecified atom stereocenters. The number of carbonyl (C=O) groups is 1. The number of amides is 1. The number of hydrogen-bond donors (Lipinski definition) is 2. The zero-order valence-corrected chi connectivity index (χ0v) is 17.2. The topological polar surface area (TPSA) is 103 Å². The molecule has 1 aliphatic heterocycles. The number of nitrogens with zero attached hydrogens (tertiary/aromatic N) is 3. The second-order valence-electron chi connectivity index (χ2n) is 5.92. The van der Waals surface area contributed by atoms with Crippen LogP contribution in [0.4, 0.5) is 5.82 Å². The summed E-state index contributed by atoms with van der Waals surface area (Å²) < 4.78 is 5.32. The van der Waals surface area contributed by atoms with Crippen molar-refractivity contribution in [2.75, 3.05) is 18.9 Å². The fourth-order valence-electron chi connectivity index (χ4n) is 2.71. The fourth-order valence-corrected chi connectivity index (χ4v) is 4.38. The van der Waals surface area contributed by atoms with Crippen LogP contribution in [0.15, 0.2) is 11.4 Å². The van der Waals surface area contributed by atoms with Gasteiger partial charge in [-0.25, -0.2) is 15.0 Å². The number of thiazole rings is 1. The van der Waals surface area contributed by atoms with Gasteiger partial charge in [0, 0.05) is 30.3 Å². The predicted octanol–water partition coefficient (Wildman–Crippen LogP) is 3.64. The molecule has 0 saturated carbocycles. The average Bonchev–Trinajstić information content (AvgIpc) is 3.31. The predicted molar refractivity (Wildman–Crippen MR) is 110 cm³/mol. The number of fused-ring (bicyclic) bond motifs is 1. The van der Waals surface area contributed by atoms with E-state index in [-0.39, 0.29) is 11.9 Å². The zero-order valence-electron chi connectivity index (χ0n) is 15.6. The van der Waals surface area contributed by atoms with E-state index in [1.54, 1.807) is 6.07 Å². The smallest absolute Gasteiger partial charge is 0.261 e. The molecule has 0 aliphatic carbocycles. The molecule has 1 amide bonds. The SMILES string of the molecule is CC.Cc1csc(-c2nc(N)c3cc(C(=O)NC4CCOCC4)sc3n2)n1. The second-order valence-corrected chi connectivity index (χ2v) is 7.80. The van der Waals surface area contributed by atoms with Crippen molar-refractivity contribution in [2.45, 2.75) is 39.7 Å². The van der Waals surface area contributed by atoms with Gasteiger partial charge in [0.05, 0.1) is 10.3 Å². The van der Waals surface area contributed by atoms with Gasteiger partial charge in [-0.15, -0.1) is 22.7 Å². The molecule has 9 heteroatoms. The van der Waals surface area contributed by atoms with Crippen LogP contribution < -0.4 is 11.1 Å². The van der Waals surface area contributed by atoms with Gasteiger partial charge in [-0.3, -0.25) is 4.79 Å². The van der Waals surface area contributed by atoms with E-state index < -0.39 is 0 Å². The number of thiophene rings is 1. The van der Waals surface area contributed by atoms with Gasteiger partial charge in [0.2, 0.25) is 0 Å². The molecule has 7 nitrogen and oxygen atoms in total. The summed E-state index contributed by atoms with van der Waals surface area (Å²) in [6, 6.07) is 1.92. The number of rotatable bonds is 3. The van der Waals surface area contributed by atoms with Crippen molar-refractivity contribution < 1.29 is 9.53 Å². The van der Waals surface area contributed by atoms with Crippen LogP contribution in [-0.2, 0) is 4.74 Å². The van der Waals surface area contributed by atoms with Crippen molar-refractivity contribution in [3.63, 3.8) is 0 Å². The highest BCUT2D eigenvalue weighted by molar-refractivity contribution is 7.20. The first-order valence-corrected chi connectivity index (χ1v) is 10.7. The van der Waals surface area contributed by atoms with Gasteiger partial charge in [0.1, 0.15) is 10.6 Å². The third-order valence-corrected chi connectivity index (χ3v) is 6.00. The summed E-state index contributed by atoms with van der Waals surface area (Å²) in [4.78, 5) is 27.1. The molecule has 3 aromatic rings. The Balaban J connectivity index is 0.00000102. The first-order chi connectivity index (χ1) is 13.1. The van der Waals surface area contributed by atoms with Crippen molar-refractivity contribution >= 4 is 44.6 Å². The number of nitrogens with two attached hydrogens (primary N) is 1. The van der Waals surface area contributed by atoms with Gasteiger partial charge in [0.15, 0.2) is 10.8 Å². The molecule has 3 aromatic heterocycles. The minimum Gasteiger partial charge on any atom is -0.383 e. The van der Waals surface area contributed by atoms with E-state index in [9.17, 15) is 4.79 Å². The minimum atomic E-state index is -0.0963. The van der Waals surface area contributed by atoms with E-state index in [4.69, 9.17) is 10.5 Å². The van der Waals surface area contributed by atoms with E-state index >= 15 is 0 Å². The number of aromatic nitrogens is 3. The highest BCUT2D eigenvalue weighted by atomic mass is 32.1. The Bertz CT molecular complexity index is 931. The molecule has 4 heterocycles. The van der Waals surface area contributed by atoms with Crippen molar-refractivity contribution in [3.05, 3.63) is 22.0 Å². The highest BCUT2D eigenvalue weighted by Crippen LogP contribution is 2.31. The van der Waals surface area contributed by atoms with Crippen molar-refractivity contribution in [2.24, 2.45) is 0 Å². The lowest BCUT2D eigenvalue weighted by molar-refractivity contribution is 0.0698. The maximum atomic E-state index is 12.5. The lowest BCUT2D eigenvalue weighted by Gasteiger charge is -2.22. The highest BCUT2D eigenvalue weighted by Gasteiger charge is 2.20. The van der Waals surface area contributed by atoms with Gasteiger partial charge in [-0.2, -0.15) is 0 Å². The summed E-state index contributed by atoms with van der Waals surface area (Å²) in [6.45, 7) is 7.30. The van der Waals surface area contributed by atoms with Crippen LogP contribution >= 0.6 is 22.7 Å². The quantitative estimate of drug-likeness (QED) is 0.689. The molecule has 0 atom stereocenters. The normalized spacial score (nSPS) is 14.6. The van der Waals surface area contributed by atoms with Crippen LogP contribution in [0.5, 0.6) is 0 Å². The standard InChI is InChI=1S/C16H17N5O2S2.C2H6/c1-8-7-24-16(18-8)13-20-12(17)10-6-11(25-15(10)21-13)14(22)19-9-2-4-23-5-3-9;1-2/h6-7,9H,2-5H2,1H3,(H,19,22)(H2,17,20,21);1-2H3. The molecule has 1 aliphatic rings. The summed E-state index contributed by atoms with van der Waals surface area (Å²) in [5.41, 5.74) is 7.00. The molecule has 0 radical (unpaired) electrons. The fraction of sp³-hybridized carbons (Fsp3) is 0.444. The van der Waals surface area contributed by atoms with E-state index in [2.05, 4.69) is 20.3 Å². The maximum Gasteiger partial charge on any atom is 0.261 e. The van der Waals surface area contributed by atoms with Crippen LogP contribution in [0.1, 0.15) is 42.1 Å². The monoisotopic (exact) mass is 405 g/mol. The lowest BCUT2D eigenvalue weighted by atomic mass is 10.1. The Hall–Kier alpha value is -2.10. The van der Waals surface area contributed by atoms with E-state index in [0.29, 0.717) is 39.9 Å². The summed E-state index contributed by atoms with van der Waals surface area (Å²) >= 11 is 2.80.